The molecule has 1 heterocycles. The molecule has 1 aromatic carbocycles. The molecule has 0 saturated heterocycles. The topological polar surface area (TPSA) is 50.9 Å². The number of nitrogens with zero attached hydrogens (tertiary/aromatic N) is 1. The fourth-order valence-corrected chi connectivity index (χ4v) is 3.87. The van der Waals surface area contributed by atoms with Crippen LogP contribution in [0.4, 0.5) is 11.4 Å². The maximum absolute atomic E-state index is 6.18. The molecule has 0 radical (unpaired) electrons. The molecule has 0 aliphatic heterocycles. The van der Waals surface area contributed by atoms with Crippen LogP contribution in [-0.2, 0) is 0 Å². The van der Waals surface area contributed by atoms with Gasteiger partial charge >= 0.3 is 0 Å². The van der Waals surface area contributed by atoms with E-state index in [1.807, 2.05) is 13.0 Å². The molecule has 1 aliphatic rings. The van der Waals surface area contributed by atoms with E-state index < -0.39 is 0 Å². The van der Waals surface area contributed by atoms with Gasteiger partial charge in [-0.25, -0.2) is 4.98 Å². The largest absolute Gasteiger partial charge is 0.397 e. The van der Waals surface area contributed by atoms with Crippen molar-refractivity contribution in [2.75, 3.05) is 11.1 Å². The molecule has 102 valence electrons. The summed E-state index contributed by atoms with van der Waals surface area (Å²) in [6.45, 7) is 6.70. The minimum atomic E-state index is 0.347. The van der Waals surface area contributed by atoms with E-state index in [-0.39, 0.29) is 0 Å². The fraction of sp³-hybridized carbons (Fsp3) is 0.533. The highest BCUT2D eigenvalue weighted by molar-refractivity contribution is 7.18. The number of aryl methyl sites for hydroxylation is 1. The van der Waals surface area contributed by atoms with Crippen LogP contribution in [-0.4, -0.2) is 11.0 Å². The van der Waals surface area contributed by atoms with Crippen LogP contribution in [0.3, 0.4) is 0 Å². The molecule has 3 N–H and O–H groups in total. The van der Waals surface area contributed by atoms with Gasteiger partial charge in [-0.3, -0.25) is 0 Å². The molecule has 1 fully saturated rings. The summed E-state index contributed by atoms with van der Waals surface area (Å²) in [5, 5.41) is 4.73. The Labute approximate surface area is 118 Å². The number of nitrogen functional groups attached to an aromatic ring is 1. The molecule has 0 bridgehead atoms. The Morgan fingerprint density at radius 2 is 2.21 bits per heavy atom. The van der Waals surface area contributed by atoms with Crippen LogP contribution in [0.25, 0.3) is 10.2 Å². The Morgan fingerprint density at radius 3 is 2.89 bits per heavy atom. The van der Waals surface area contributed by atoms with Crippen molar-refractivity contribution >= 4 is 32.9 Å². The Hall–Kier alpha value is -1.29. The second-order valence-corrected chi connectivity index (χ2v) is 7.45. The summed E-state index contributed by atoms with van der Waals surface area (Å²) in [4.78, 5) is 4.55. The van der Waals surface area contributed by atoms with E-state index in [0.29, 0.717) is 11.5 Å². The smallest absolute Gasteiger partial charge is 0.0907 e. The molecule has 3 nitrogen and oxygen atoms in total. The van der Waals surface area contributed by atoms with Crippen molar-refractivity contribution in [3.63, 3.8) is 0 Å². The van der Waals surface area contributed by atoms with Gasteiger partial charge in [-0.1, -0.05) is 20.3 Å². The third-order valence-corrected chi connectivity index (χ3v) is 5.19. The minimum Gasteiger partial charge on any atom is -0.397 e. The van der Waals surface area contributed by atoms with Crippen molar-refractivity contribution in [3.05, 3.63) is 17.1 Å². The van der Waals surface area contributed by atoms with E-state index in [2.05, 4.69) is 30.2 Å². The number of rotatable bonds is 2. The Bertz CT molecular complexity index is 615. The lowest BCUT2D eigenvalue weighted by Gasteiger charge is -2.29. The lowest BCUT2D eigenvalue weighted by molar-refractivity contribution is 0.350. The van der Waals surface area contributed by atoms with Crippen LogP contribution in [0.15, 0.2) is 12.1 Å². The summed E-state index contributed by atoms with van der Waals surface area (Å²) < 4.78 is 1.17. The van der Waals surface area contributed by atoms with Gasteiger partial charge in [-0.15, -0.1) is 11.3 Å². The molecule has 0 spiro atoms. The number of hydrogen-bond acceptors (Lipinski definition) is 4. The van der Waals surface area contributed by atoms with Gasteiger partial charge < -0.3 is 11.1 Å². The summed E-state index contributed by atoms with van der Waals surface area (Å²) in [7, 11) is 0. The minimum absolute atomic E-state index is 0.347. The number of nitrogens with one attached hydrogen (secondary N) is 1. The summed E-state index contributed by atoms with van der Waals surface area (Å²) in [5.41, 5.74) is 9.45. The highest BCUT2D eigenvalue weighted by Crippen LogP contribution is 2.40. The summed E-state index contributed by atoms with van der Waals surface area (Å²) >= 11 is 1.70. The maximum atomic E-state index is 6.18. The molecular formula is C15H21N3S. The molecule has 1 unspecified atom stereocenters. The standard InChI is InChI=1S/C15H21N3S/c1-9-17-12-8-11(10(16)7-13(12)19-9)18-14-5-4-6-15(14,2)3/h7-8,14,18H,4-6,16H2,1-3H3. The van der Waals surface area contributed by atoms with Crippen molar-refractivity contribution in [3.8, 4) is 0 Å². The third-order valence-electron chi connectivity index (χ3n) is 4.25. The van der Waals surface area contributed by atoms with Gasteiger partial charge in [-0.05, 0) is 37.3 Å². The molecular weight excluding hydrogens is 254 g/mol. The molecule has 0 amide bonds. The Morgan fingerprint density at radius 1 is 1.42 bits per heavy atom. The van der Waals surface area contributed by atoms with Gasteiger partial charge in [0, 0.05) is 6.04 Å². The number of thiazole rings is 1. The zero-order valence-corrected chi connectivity index (χ0v) is 12.6. The molecule has 19 heavy (non-hydrogen) atoms. The van der Waals surface area contributed by atoms with Crippen molar-refractivity contribution < 1.29 is 0 Å². The lowest BCUT2D eigenvalue weighted by atomic mass is 9.87. The van der Waals surface area contributed by atoms with Crippen molar-refractivity contribution in [2.45, 2.75) is 46.1 Å². The quantitative estimate of drug-likeness (QED) is 0.808. The first-order valence-corrected chi connectivity index (χ1v) is 7.70. The molecule has 1 saturated carbocycles. The Kier molecular flexibility index (Phi) is 2.93. The van der Waals surface area contributed by atoms with Crippen LogP contribution < -0.4 is 11.1 Å². The predicted molar refractivity (Wildman–Crippen MR) is 83.8 cm³/mol. The second kappa shape index (κ2) is 4.37. The second-order valence-electron chi connectivity index (χ2n) is 6.22. The van der Waals surface area contributed by atoms with Crippen molar-refractivity contribution in [1.82, 2.24) is 4.98 Å². The molecule has 3 rings (SSSR count). The number of anilines is 2. The van der Waals surface area contributed by atoms with E-state index in [4.69, 9.17) is 5.73 Å². The van der Waals surface area contributed by atoms with Gasteiger partial charge in [-0.2, -0.15) is 0 Å². The Balaban J connectivity index is 1.94. The molecule has 2 aromatic rings. The van der Waals surface area contributed by atoms with Gasteiger partial charge in [0.05, 0.1) is 26.6 Å². The number of hydrogen-bond donors (Lipinski definition) is 2. The average molecular weight is 275 g/mol. The van der Waals surface area contributed by atoms with E-state index in [1.165, 1.54) is 24.0 Å². The predicted octanol–water partition coefficient (Wildman–Crippen LogP) is 4.18. The molecule has 1 atom stereocenters. The zero-order valence-electron chi connectivity index (χ0n) is 11.8. The molecule has 4 heteroatoms. The number of benzene rings is 1. The number of nitrogens with two attached hydrogens (primary N) is 1. The van der Waals surface area contributed by atoms with E-state index in [1.54, 1.807) is 11.3 Å². The monoisotopic (exact) mass is 275 g/mol. The van der Waals surface area contributed by atoms with Gasteiger partial charge in [0.25, 0.3) is 0 Å². The van der Waals surface area contributed by atoms with Gasteiger partial charge in [0.1, 0.15) is 0 Å². The van der Waals surface area contributed by atoms with Crippen molar-refractivity contribution in [1.29, 1.82) is 0 Å². The van der Waals surface area contributed by atoms with Crippen LogP contribution in [0.1, 0.15) is 38.1 Å². The third kappa shape index (κ3) is 2.29. The normalized spacial score (nSPS) is 21.9. The van der Waals surface area contributed by atoms with Crippen LogP contribution in [0.2, 0.25) is 0 Å². The molecule has 1 aliphatic carbocycles. The number of fused-ring (bicyclic) bond motifs is 1. The van der Waals surface area contributed by atoms with Crippen LogP contribution in [0.5, 0.6) is 0 Å². The number of aromatic nitrogens is 1. The van der Waals surface area contributed by atoms with Gasteiger partial charge in [0.15, 0.2) is 0 Å². The first kappa shape index (κ1) is 12.7. The highest BCUT2D eigenvalue weighted by atomic mass is 32.1. The maximum Gasteiger partial charge on any atom is 0.0907 e. The first-order valence-electron chi connectivity index (χ1n) is 6.89. The zero-order chi connectivity index (χ0) is 13.6. The van der Waals surface area contributed by atoms with Crippen LogP contribution in [0, 0.1) is 12.3 Å². The fourth-order valence-electron chi connectivity index (χ4n) is 3.01. The highest BCUT2D eigenvalue weighted by Gasteiger charge is 2.34. The van der Waals surface area contributed by atoms with E-state index in [9.17, 15) is 0 Å². The molecule has 1 aromatic heterocycles. The average Bonchev–Trinajstić information content (AvgIpc) is 2.82. The lowest BCUT2D eigenvalue weighted by Crippen LogP contribution is -2.31. The van der Waals surface area contributed by atoms with E-state index >= 15 is 0 Å². The van der Waals surface area contributed by atoms with Crippen molar-refractivity contribution in [2.24, 2.45) is 5.41 Å². The summed E-state index contributed by atoms with van der Waals surface area (Å²) in [6.07, 6.45) is 3.80. The summed E-state index contributed by atoms with van der Waals surface area (Å²) in [6, 6.07) is 4.65. The van der Waals surface area contributed by atoms with Crippen LogP contribution >= 0.6 is 11.3 Å². The summed E-state index contributed by atoms with van der Waals surface area (Å²) in [5.74, 6) is 0. The van der Waals surface area contributed by atoms with E-state index in [0.717, 1.165) is 21.9 Å². The van der Waals surface area contributed by atoms with Gasteiger partial charge in [0.2, 0.25) is 0 Å². The SMILES string of the molecule is Cc1nc2cc(NC3CCCC3(C)C)c(N)cc2s1. The first-order chi connectivity index (χ1) is 8.95.